The summed E-state index contributed by atoms with van der Waals surface area (Å²) in [6.07, 6.45) is 1.48. The Morgan fingerprint density at radius 3 is 2.68 bits per heavy atom. The maximum atomic E-state index is 9.91. The summed E-state index contributed by atoms with van der Waals surface area (Å²) in [5.74, 6) is 0.319. The molecule has 0 atom stereocenters. The van der Waals surface area contributed by atoms with E-state index in [1.807, 2.05) is 30.3 Å². The van der Waals surface area contributed by atoms with E-state index < -0.39 is 0 Å². The van der Waals surface area contributed by atoms with E-state index in [0.29, 0.717) is 16.3 Å². The molecule has 0 bridgehead atoms. The van der Waals surface area contributed by atoms with Gasteiger partial charge in [0, 0.05) is 16.7 Å². The first-order chi connectivity index (χ1) is 9.20. The molecule has 0 aliphatic carbocycles. The van der Waals surface area contributed by atoms with Gasteiger partial charge in [0.25, 0.3) is 0 Å². The molecule has 4 nitrogen and oxygen atoms in total. The van der Waals surface area contributed by atoms with Crippen molar-refractivity contribution in [3.63, 3.8) is 0 Å². The minimum Gasteiger partial charge on any atom is -0.504 e. The largest absolute Gasteiger partial charge is 0.504 e. The maximum Gasteiger partial charge on any atom is 0.166 e. The Bertz CT molecular complexity index is 585. The molecular formula is C14H13ClN2O2. The number of hydrogen-bond donors (Lipinski definition) is 2. The first-order valence-corrected chi connectivity index (χ1v) is 5.99. The number of nitrogens with one attached hydrogen (secondary N) is 1. The van der Waals surface area contributed by atoms with Gasteiger partial charge in [0.2, 0.25) is 0 Å². The van der Waals surface area contributed by atoms with Gasteiger partial charge in [0.05, 0.1) is 19.0 Å². The van der Waals surface area contributed by atoms with E-state index in [9.17, 15) is 5.11 Å². The van der Waals surface area contributed by atoms with Crippen LogP contribution in [0.1, 0.15) is 5.56 Å². The fourth-order valence-electron chi connectivity index (χ4n) is 1.54. The van der Waals surface area contributed by atoms with Crippen molar-refractivity contribution in [1.29, 1.82) is 0 Å². The van der Waals surface area contributed by atoms with Crippen molar-refractivity contribution in [2.24, 2.45) is 5.10 Å². The fourth-order valence-corrected chi connectivity index (χ4v) is 1.75. The van der Waals surface area contributed by atoms with E-state index in [-0.39, 0.29) is 5.75 Å². The van der Waals surface area contributed by atoms with Gasteiger partial charge in [-0.05, 0) is 18.2 Å². The molecule has 19 heavy (non-hydrogen) atoms. The van der Waals surface area contributed by atoms with E-state index in [4.69, 9.17) is 16.3 Å². The number of benzene rings is 2. The highest BCUT2D eigenvalue weighted by Crippen LogP contribution is 2.32. The number of nitrogens with zero attached hydrogens (tertiary/aromatic N) is 1. The van der Waals surface area contributed by atoms with Gasteiger partial charge >= 0.3 is 0 Å². The summed E-state index contributed by atoms with van der Waals surface area (Å²) in [5.41, 5.74) is 4.19. The summed E-state index contributed by atoms with van der Waals surface area (Å²) in [4.78, 5) is 0. The average molecular weight is 277 g/mol. The second kappa shape index (κ2) is 6.11. The molecule has 0 saturated carbocycles. The topological polar surface area (TPSA) is 53.8 Å². The minimum atomic E-state index is 0.00510. The van der Waals surface area contributed by atoms with Crippen molar-refractivity contribution in [2.45, 2.75) is 0 Å². The van der Waals surface area contributed by atoms with Crippen molar-refractivity contribution < 1.29 is 9.84 Å². The van der Waals surface area contributed by atoms with Gasteiger partial charge in [-0.25, -0.2) is 0 Å². The number of anilines is 1. The molecule has 0 saturated heterocycles. The van der Waals surface area contributed by atoms with Crippen LogP contribution in [-0.2, 0) is 0 Å². The van der Waals surface area contributed by atoms with Crippen molar-refractivity contribution in [1.82, 2.24) is 0 Å². The summed E-state index contributed by atoms with van der Waals surface area (Å²) in [6.45, 7) is 0. The zero-order chi connectivity index (χ0) is 13.7. The number of phenolic OH excluding ortho intramolecular Hbond substituents is 1. The van der Waals surface area contributed by atoms with Crippen LogP contribution in [0.5, 0.6) is 11.5 Å². The molecule has 0 spiro atoms. The van der Waals surface area contributed by atoms with E-state index in [2.05, 4.69) is 10.5 Å². The summed E-state index contributed by atoms with van der Waals surface area (Å²) in [6, 6.07) is 12.6. The van der Waals surface area contributed by atoms with E-state index in [0.717, 1.165) is 5.69 Å². The van der Waals surface area contributed by atoms with Gasteiger partial charge in [0.1, 0.15) is 0 Å². The Hall–Kier alpha value is -2.20. The Morgan fingerprint density at radius 1 is 1.26 bits per heavy atom. The number of halogens is 1. The number of para-hydroxylation sites is 1. The summed E-state index contributed by atoms with van der Waals surface area (Å²) < 4.78 is 5.01. The lowest BCUT2D eigenvalue weighted by atomic mass is 10.2. The molecule has 0 unspecified atom stereocenters. The molecule has 0 amide bonds. The fraction of sp³-hybridized carbons (Fsp3) is 0.0714. The van der Waals surface area contributed by atoms with Gasteiger partial charge in [-0.1, -0.05) is 29.8 Å². The Morgan fingerprint density at radius 2 is 2.00 bits per heavy atom. The number of hydrazone groups is 1. The molecule has 2 rings (SSSR count). The number of hydrogen-bond acceptors (Lipinski definition) is 4. The predicted molar refractivity (Wildman–Crippen MR) is 77.3 cm³/mol. The maximum absolute atomic E-state index is 9.91. The van der Waals surface area contributed by atoms with Crippen molar-refractivity contribution in [3.05, 3.63) is 53.1 Å². The molecule has 0 radical (unpaired) electrons. The average Bonchev–Trinajstić information content (AvgIpc) is 2.43. The highest BCUT2D eigenvalue weighted by atomic mass is 35.5. The zero-order valence-electron chi connectivity index (χ0n) is 10.3. The smallest absolute Gasteiger partial charge is 0.166 e. The van der Waals surface area contributed by atoms with Gasteiger partial charge in [0.15, 0.2) is 11.5 Å². The van der Waals surface area contributed by atoms with E-state index >= 15 is 0 Å². The van der Waals surface area contributed by atoms with Gasteiger partial charge in [-0.15, -0.1) is 0 Å². The number of ether oxygens (including phenoxy) is 1. The third-order valence-electron chi connectivity index (χ3n) is 2.46. The van der Waals surface area contributed by atoms with Crippen LogP contribution in [-0.4, -0.2) is 18.4 Å². The lowest BCUT2D eigenvalue weighted by Gasteiger charge is -2.06. The first kappa shape index (κ1) is 13.2. The third-order valence-corrected chi connectivity index (χ3v) is 2.68. The molecule has 0 heterocycles. The van der Waals surface area contributed by atoms with E-state index in [1.54, 1.807) is 12.1 Å². The van der Waals surface area contributed by atoms with Gasteiger partial charge in [-0.2, -0.15) is 5.10 Å². The van der Waals surface area contributed by atoms with Crippen LogP contribution < -0.4 is 10.2 Å². The van der Waals surface area contributed by atoms with Crippen LogP contribution in [0.4, 0.5) is 5.69 Å². The number of methoxy groups -OCH3 is 1. The Balaban J connectivity index is 2.17. The van der Waals surface area contributed by atoms with Crippen LogP contribution in [0.3, 0.4) is 0 Å². The Labute approximate surface area is 116 Å². The van der Waals surface area contributed by atoms with Crippen molar-refractivity contribution in [3.8, 4) is 11.5 Å². The second-order valence-corrected chi connectivity index (χ2v) is 4.22. The van der Waals surface area contributed by atoms with Crippen LogP contribution in [0.2, 0.25) is 5.02 Å². The Kier molecular flexibility index (Phi) is 4.26. The number of phenols is 1. The SMILES string of the molecule is COc1cc(Cl)cc(C=NNc2ccccc2)c1O. The molecular weight excluding hydrogens is 264 g/mol. The first-order valence-electron chi connectivity index (χ1n) is 5.61. The van der Waals surface area contributed by atoms with Gasteiger partial charge in [-0.3, -0.25) is 5.43 Å². The molecule has 0 aliphatic heterocycles. The van der Waals surface area contributed by atoms with Crippen LogP contribution in [0.25, 0.3) is 0 Å². The molecule has 2 N–H and O–H groups in total. The monoisotopic (exact) mass is 276 g/mol. The minimum absolute atomic E-state index is 0.00510. The zero-order valence-corrected chi connectivity index (χ0v) is 11.1. The van der Waals surface area contributed by atoms with Crippen molar-refractivity contribution in [2.75, 3.05) is 12.5 Å². The molecule has 2 aromatic rings. The molecule has 0 aromatic heterocycles. The molecule has 0 aliphatic rings. The normalized spacial score (nSPS) is 10.6. The van der Waals surface area contributed by atoms with Crippen LogP contribution >= 0.6 is 11.6 Å². The highest BCUT2D eigenvalue weighted by molar-refractivity contribution is 6.31. The number of rotatable bonds is 4. The molecule has 2 aromatic carbocycles. The second-order valence-electron chi connectivity index (χ2n) is 3.78. The summed E-state index contributed by atoms with van der Waals surface area (Å²) in [7, 11) is 1.47. The standard InChI is InChI=1S/C14H13ClN2O2/c1-19-13-8-11(15)7-10(14(13)18)9-16-17-12-5-3-2-4-6-12/h2-9,17-18H,1H3. The van der Waals surface area contributed by atoms with Crippen molar-refractivity contribution >= 4 is 23.5 Å². The number of aromatic hydroxyl groups is 1. The molecule has 5 heteroatoms. The van der Waals surface area contributed by atoms with Crippen LogP contribution in [0, 0.1) is 0 Å². The van der Waals surface area contributed by atoms with Gasteiger partial charge < -0.3 is 9.84 Å². The third kappa shape index (κ3) is 3.39. The lowest BCUT2D eigenvalue weighted by molar-refractivity contribution is 0.373. The molecule has 98 valence electrons. The molecule has 0 fully saturated rings. The highest BCUT2D eigenvalue weighted by Gasteiger charge is 2.08. The van der Waals surface area contributed by atoms with Crippen LogP contribution in [0.15, 0.2) is 47.6 Å². The lowest BCUT2D eigenvalue weighted by Crippen LogP contribution is -1.92. The summed E-state index contributed by atoms with van der Waals surface area (Å²) in [5, 5.41) is 14.4. The summed E-state index contributed by atoms with van der Waals surface area (Å²) >= 11 is 5.92. The predicted octanol–water partition coefficient (Wildman–Crippen LogP) is 3.50. The quantitative estimate of drug-likeness (QED) is 0.664. The van der Waals surface area contributed by atoms with E-state index in [1.165, 1.54) is 13.3 Å².